The Bertz CT molecular complexity index is 801. The molecule has 2 atom stereocenters. The van der Waals surface area contributed by atoms with Crippen molar-refractivity contribution < 1.29 is 9.59 Å². The third-order valence-electron chi connectivity index (χ3n) is 4.72. The summed E-state index contributed by atoms with van der Waals surface area (Å²) < 4.78 is 0. The Morgan fingerprint density at radius 1 is 1.18 bits per heavy atom. The highest BCUT2D eigenvalue weighted by Crippen LogP contribution is 2.29. The maximum atomic E-state index is 12.9. The topological polar surface area (TPSA) is 61.4 Å². The molecule has 1 fully saturated rings. The molecule has 3 rings (SSSR count). The van der Waals surface area contributed by atoms with Crippen molar-refractivity contribution in [3.05, 3.63) is 70.7 Å². The van der Waals surface area contributed by atoms with Crippen LogP contribution < -0.4 is 10.6 Å². The summed E-state index contributed by atoms with van der Waals surface area (Å²) in [5.74, 6) is -0.152. The zero-order valence-corrected chi connectivity index (χ0v) is 17.3. The number of nitrogens with one attached hydrogen (secondary N) is 2. The van der Waals surface area contributed by atoms with E-state index in [4.69, 9.17) is 11.6 Å². The Hall–Kier alpha value is -2.08. The van der Waals surface area contributed by atoms with Gasteiger partial charge in [-0.3, -0.25) is 9.59 Å². The van der Waals surface area contributed by atoms with Crippen molar-refractivity contribution in [2.75, 3.05) is 19.6 Å². The number of carbonyl (C=O) groups excluding carboxylic acids is 2. The molecule has 1 aliphatic rings. The molecule has 28 heavy (non-hydrogen) atoms. The lowest BCUT2D eigenvalue weighted by Gasteiger charge is -2.37. The average Bonchev–Trinajstić information content (AvgIpc) is 2.69. The van der Waals surface area contributed by atoms with Crippen LogP contribution in [-0.4, -0.2) is 42.4 Å². The number of rotatable bonds is 5. The first-order chi connectivity index (χ1) is 13.1. The van der Waals surface area contributed by atoms with Crippen molar-refractivity contribution in [1.82, 2.24) is 15.5 Å². The van der Waals surface area contributed by atoms with E-state index in [0.29, 0.717) is 23.7 Å². The van der Waals surface area contributed by atoms with Crippen molar-refractivity contribution in [1.29, 1.82) is 0 Å². The Morgan fingerprint density at radius 3 is 2.57 bits per heavy atom. The summed E-state index contributed by atoms with van der Waals surface area (Å²) in [4.78, 5) is 27.1. The van der Waals surface area contributed by atoms with E-state index in [0.717, 1.165) is 12.1 Å². The molecule has 2 amide bonds. The smallest absolute Gasteiger partial charge is 0.251 e. The summed E-state index contributed by atoms with van der Waals surface area (Å²) in [6, 6.07) is 16.3. The fourth-order valence-corrected chi connectivity index (χ4v) is 3.61. The Balaban J connectivity index is 0.00000280. The molecule has 0 aliphatic carbocycles. The molecular formula is C21H25Cl2N3O2. The van der Waals surface area contributed by atoms with Gasteiger partial charge in [0.25, 0.3) is 5.91 Å². The van der Waals surface area contributed by atoms with Gasteiger partial charge in [0, 0.05) is 42.7 Å². The van der Waals surface area contributed by atoms with Crippen LogP contribution in [0.25, 0.3) is 0 Å². The van der Waals surface area contributed by atoms with E-state index < -0.39 is 0 Å². The zero-order valence-electron chi connectivity index (χ0n) is 15.7. The highest BCUT2D eigenvalue weighted by atomic mass is 35.5. The van der Waals surface area contributed by atoms with Crippen LogP contribution in [0.15, 0.2) is 54.6 Å². The van der Waals surface area contributed by atoms with E-state index in [-0.39, 0.29) is 42.7 Å². The first-order valence-corrected chi connectivity index (χ1v) is 9.54. The SMILES string of the molecule is CC(CC(=O)N1CCNCC1c1ccccc1Cl)NC(=O)c1ccccc1.Cl. The van der Waals surface area contributed by atoms with E-state index in [1.807, 2.05) is 54.3 Å². The van der Waals surface area contributed by atoms with Crippen LogP contribution in [0.4, 0.5) is 0 Å². The van der Waals surface area contributed by atoms with Crippen LogP contribution in [0.5, 0.6) is 0 Å². The average molecular weight is 422 g/mol. The molecule has 1 heterocycles. The van der Waals surface area contributed by atoms with Crippen molar-refractivity contribution in [3.63, 3.8) is 0 Å². The minimum Gasteiger partial charge on any atom is -0.349 e. The third kappa shape index (κ3) is 5.47. The van der Waals surface area contributed by atoms with Crippen LogP contribution >= 0.6 is 24.0 Å². The lowest BCUT2D eigenvalue weighted by Crippen LogP contribution is -2.50. The molecule has 2 unspecified atom stereocenters. The Morgan fingerprint density at radius 2 is 1.86 bits per heavy atom. The van der Waals surface area contributed by atoms with Crippen LogP contribution in [-0.2, 0) is 4.79 Å². The lowest BCUT2D eigenvalue weighted by atomic mass is 10.0. The minimum atomic E-state index is -0.257. The second-order valence-electron chi connectivity index (χ2n) is 6.77. The van der Waals surface area contributed by atoms with Gasteiger partial charge in [-0.05, 0) is 30.7 Å². The quantitative estimate of drug-likeness (QED) is 0.776. The fourth-order valence-electron chi connectivity index (χ4n) is 3.35. The van der Waals surface area contributed by atoms with Gasteiger partial charge < -0.3 is 15.5 Å². The van der Waals surface area contributed by atoms with Gasteiger partial charge in [-0.2, -0.15) is 0 Å². The van der Waals surface area contributed by atoms with Gasteiger partial charge >= 0.3 is 0 Å². The van der Waals surface area contributed by atoms with Crippen molar-refractivity contribution in [3.8, 4) is 0 Å². The van der Waals surface area contributed by atoms with Crippen molar-refractivity contribution in [2.24, 2.45) is 0 Å². The highest BCUT2D eigenvalue weighted by molar-refractivity contribution is 6.31. The van der Waals surface area contributed by atoms with Gasteiger partial charge in [0.05, 0.1) is 6.04 Å². The van der Waals surface area contributed by atoms with Gasteiger partial charge in [0.1, 0.15) is 0 Å². The third-order valence-corrected chi connectivity index (χ3v) is 5.07. The minimum absolute atomic E-state index is 0. The summed E-state index contributed by atoms with van der Waals surface area (Å²) in [6.07, 6.45) is 0.250. The molecule has 150 valence electrons. The van der Waals surface area contributed by atoms with E-state index >= 15 is 0 Å². The molecule has 0 radical (unpaired) electrons. The predicted octanol–water partition coefficient (Wildman–Crippen LogP) is 3.44. The highest BCUT2D eigenvalue weighted by Gasteiger charge is 2.29. The summed E-state index contributed by atoms with van der Waals surface area (Å²) in [6.45, 7) is 3.89. The van der Waals surface area contributed by atoms with Gasteiger partial charge in [-0.1, -0.05) is 48.0 Å². The fraction of sp³-hybridized carbons (Fsp3) is 0.333. The van der Waals surface area contributed by atoms with Gasteiger partial charge in [-0.15, -0.1) is 12.4 Å². The molecule has 2 N–H and O–H groups in total. The number of hydrogen-bond acceptors (Lipinski definition) is 3. The molecule has 0 saturated carbocycles. The largest absolute Gasteiger partial charge is 0.349 e. The van der Waals surface area contributed by atoms with E-state index in [2.05, 4.69) is 10.6 Å². The number of hydrogen-bond donors (Lipinski definition) is 2. The van der Waals surface area contributed by atoms with Crippen LogP contribution in [0.2, 0.25) is 5.02 Å². The summed E-state index contributed by atoms with van der Waals surface area (Å²) in [5.41, 5.74) is 1.54. The van der Waals surface area contributed by atoms with Gasteiger partial charge in [-0.25, -0.2) is 0 Å². The number of halogens is 2. The van der Waals surface area contributed by atoms with Gasteiger partial charge in [0.15, 0.2) is 0 Å². The Labute approximate surface area is 176 Å². The summed E-state index contributed by atoms with van der Waals surface area (Å²) in [7, 11) is 0. The maximum absolute atomic E-state index is 12.9. The number of piperazine rings is 1. The maximum Gasteiger partial charge on any atom is 0.251 e. The van der Waals surface area contributed by atoms with Crippen LogP contribution in [0.1, 0.15) is 35.3 Å². The molecule has 1 saturated heterocycles. The molecule has 2 aromatic carbocycles. The summed E-state index contributed by atoms with van der Waals surface area (Å²) >= 11 is 6.35. The molecular weight excluding hydrogens is 397 g/mol. The zero-order chi connectivity index (χ0) is 19.2. The molecule has 1 aliphatic heterocycles. The standard InChI is InChI=1S/C21H24ClN3O2.ClH/c1-15(24-21(27)16-7-3-2-4-8-16)13-20(26)25-12-11-23-14-19(25)17-9-5-6-10-18(17)22;/h2-10,15,19,23H,11-14H2,1H3,(H,24,27);1H. The van der Waals surface area contributed by atoms with Gasteiger partial charge in [0.2, 0.25) is 5.91 Å². The number of carbonyl (C=O) groups is 2. The molecule has 0 aromatic heterocycles. The van der Waals surface area contributed by atoms with Crippen molar-refractivity contribution in [2.45, 2.75) is 25.4 Å². The Kier molecular flexibility index (Phi) is 8.30. The molecule has 0 spiro atoms. The van der Waals surface area contributed by atoms with E-state index in [1.54, 1.807) is 12.1 Å². The number of nitrogens with zero attached hydrogens (tertiary/aromatic N) is 1. The van der Waals surface area contributed by atoms with Crippen LogP contribution in [0, 0.1) is 0 Å². The predicted molar refractivity (Wildman–Crippen MR) is 114 cm³/mol. The second-order valence-corrected chi connectivity index (χ2v) is 7.18. The first kappa shape index (κ1) is 22.2. The van der Waals surface area contributed by atoms with Crippen LogP contribution in [0.3, 0.4) is 0 Å². The second kappa shape index (κ2) is 10.5. The molecule has 2 aromatic rings. The lowest BCUT2D eigenvalue weighted by molar-refractivity contribution is -0.134. The molecule has 7 heteroatoms. The molecule has 0 bridgehead atoms. The normalized spacial score (nSPS) is 17.4. The first-order valence-electron chi connectivity index (χ1n) is 9.17. The molecule has 5 nitrogen and oxygen atoms in total. The van der Waals surface area contributed by atoms with Crippen molar-refractivity contribution >= 4 is 35.8 Å². The number of amides is 2. The van der Waals surface area contributed by atoms with E-state index in [1.165, 1.54) is 0 Å². The number of benzene rings is 2. The van der Waals surface area contributed by atoms with E-state index in [9.17, 15) is 9.59 Å². The monoisotopic (exact) mass is 421 g/mol. The summed E-state index contributed by atoms with van der Waals surface area (Å²) in [5, 5.41) is 6.90.